The second-order valence-electron chi connectivity index (χ2n) is 5.47. The van der Waals surface area contributed by atoms with Crippen molar-refractivity contribution in [3.8, 4) is 5.13 Å². The first kappa shape index (κ1) is 14.3. The van der Waals surface area contributed by atoms with E-state index in [4.69, 9.17) is 4.98 Å². The lowest BCUT2D eigenvalue weighted by Crippen LogP contribution is -2.27. The van der Waals surface area contributed by atoms with E-state index in [1.165, 1.54) is 11.3 Å². The number of nitrogens with zero attached hydrogens (tertiary/aromatic N) is 3. The maximum Gasteiger partial charge on any atom is 0.265 e. The number of hydrogen-bond donors (Lipinski definition) is 0. The highest BCUT2D eigenvalue weighted by Crippen LogP contribution is 2.26. The van der Waals surface area contributed by atoms with E-state index < -0.39 is 0 Å². The average Bonchev–Trinajstić information content (AvgIpc) is 3.24. The number of thiazole rings is 1. The molecule has 0 unspecified atom stereocenters. The number of hydrogen-bond acceptors (Lipinski definition) is 3. The molecule has 1 amide bonds. The minimum Gasteiger partial charge on any atom is -0.338 e. The minimum atomic E-state index is 0.175. The van der Waals surface area contributed by atoms with Gasteiger partial charge in [-0.2, -0.15) is 0 Å². The third kappa shape index (κ3) is 3.02. The van der Waals surface area contributed by atoms with Crippen LogP contribution in [0.5, 0.6) is 0 Å². The molecule has 0 radical (unpaired) electrons. The van der Waals surface area contributed by atoms with Crippen molar-refractivity contribution in [2.24, 2.45) is 0 Å². The monoisotopic (exact) mass is 303 g/mol. The van der Waals surface area contributed by atoms with Crippen LogP contribution in [0.3, 0.4) is 0 Å². The lowest BCUT2D eigenvalue weighted by atomic mass is 10.2. The molecule has 0 spiro atoms. The molecular formula is C16H21N3OS. The van der Waals surface area contributed by atoms with Crippen LogP contribution in [0.2, 0.25) is 0 Å². The standard InChI is InChI=1S/C16H21N3OS/c1-2-3-8-13-14(15(20)18-9-4-5-10-18)21-16(17-13)19-11-6-7-12-19/h6-7,11-12H,2-5,8-10H2,1H3. The number of likely N-dealkylation sites (tertiary alicyclic amines) is 1. The van der Waals surface area contributed by atoms with Crippen LogP contribution in [0.1, 0.15) is 48.0 Å². The van der Waals surface area contributed by atoms with Crippen LogP contribution in [0.25, 0.3) is 5.13 Å². The first-order valence-electron chi connectivity index (χ1n) is 7.72. The largest absolute Gasteiger partial charge is 0.338 e. The molecule has 0 N–H and O–H groups in total. The van der Waals surface area contributed by atoms with Crippen molar-refractivity contribution in [3.05, 3.63) is 35.1 Å². The fourth-order valence-corrected chi connectivity index (χ4v) is 3.70. The number of amides is 1. The topological polar surface area (TPSA) is 38.1 Å². The lowest BCUT2D eigenvalue weighted by molar-refractivity contribution is 0.0796. The smallest absolute Gasteiger partial charge is 0.265 e. The molecule has 1 saturated heterocycles. The van der Waals surface area contributed by atoms with Gasteiger partial charge >= 0.3 is 0 Å². The Morgan fingerprint density at radius 2 is 2.00 bits per heavy atom. The second-order valence-corrected chi connectivity index (χ2v) is 6.44. The number of aryl methyl sites for hydroxylation is 1. The maximum absolute atomic E-state index is 12.7. The van der Waals surface area contributed by atoms with Crippen molar-refractivity contribution in [1.29, 1.82) is 0 Å². The van der Waals surface area contributed by atoms with Gasteiger partial charge in [0.05, 0.1) is 5.69 Å². The zero-order valence-corrected chi connectivity index (χ0v) is 13.2. The molecule has 1 fully saturated rings. The molecule has 2 aromatic heterocycles. The molecule has 0 aliphatic carbocycles. The Morgan fingerprint density at radius 1 is 1.29 bits per heavy atom. The summed E-state index contributed by atoms with van der Waals surface area (Å²) in [5.41, 5.74) is 0.974. The zero-order valence-electron chi connectivity index (χ0n) is 12.4. The maximum atomic E-state index is 12.7. The highest BCUT2D eigenvalue weighted by molar-refractivity contribution is 7.16. The van der Waals surface area contributed by atoms with Gasteiger partial charge in [0.2, 0.25) is 0 Å². The molecule has 1 aliphatic heterocycles. The molecule has 2 aromatic rings. The average molecular weight is 303 g/mol. The normalized spacial score (nSPS) is 14.8. The number of rotatable bonds is 5. The fraction of sp³-hybridized carbons (Fsp3) is 0.500. The molecule has 0 saturated carbocycles. The van der Waals surface area contributed by atoms with Crippen LogP contribution in [-0.2, 0) is 6.42 Å². The predicted molar refractivity (Wildman–Crippen MR) is 85.2 cm³/mol. The molecule has 3 heterocycles. The van der Waals surface area contributed by atoms with Gasteiger partial charge in [-0.15, -0.1) is 0 Å². The van der Waals surface area contributed by atoms with E-state index in [-0.39, 0.29) is 5.91 Å². The Kier molecular flexibility index (Phi) is 4.39. The fourth-order valence-electron chi connectivity index (χ4n) is 2.66. The first-order chi connectivity index (χ1) is 10.3. The van der Waals surface area contributed by atoms with Gasteiger partial charge in [-0.3, -0.25) is 4.79 Å². The molecule has 1 aliphatic rings. The Hall–Kier alpha value is -1.62. The molecule has 112 valence electrons. The van der Waals surface area contributed by atoms with Crippen LogP contribution in [-0.4, -0.2) is 33.4 Å². The summed E-state index contributed by atoms with van der Waals surface area (Å²) < 4.78 is 1.99. The summed E-state index contributed by atoms with van der Waals surface area (Å²) in [5, 5.41) is 0.897. The summed E-state index contributed by atoms with van der Waals surface area (Å²) in [4.78, 5) is 20.2. The predicted octanol–water partition coefficient (Wildman–Crippen LogP) is 3.51. The van der Waals surface area contributed by atoms with Crippen molar-refractivity contribution in [2.75, 3.05) is 13.1 Å². The van der Waals surface area contributed by atoms with Crippen LogP contribution < -0.4 is 0 Å². The molecule has 0 atom stereocenters. The van der Waals surface area contributed by atoms with Gasteiger partial charge < -0.3 is 9.47 Å². The third-order valence-electron chi connectivity index (χ3n) is 3.87. The van der Waals surface area contributed by atoms with E-state index in [1.54, 1.807) is 0 Å². The minimum absolute atomic E-state index is 0.175. The Labute approximate surface area is 129 Å². The van der Waals surface area contributed by atoms with Gasteiger partial charge in [0, 0.05) is 25.5 Å². The molecular weight excluding hydrogens is 282 g/mol. The van der Waals surface area contributed by atoms with Gasteiger partial charge in [-0.1, -0.05) is 24.7 Å². The summed E-state index contributed by atoms with van der Waals surface area (Å²) >= 11 is 1.52. The summed E-state index contributed by atoms with van der Waals surface area (Å²) in [6.07, 6.45) is 9.30. The Morgan fingerprint density at radius 3 is 2.67 bits per heavy atom. The molecule has 5 heteroatoms. The Bertz CT molecular complexity index is 597. The quantitative estimate of drug-likeness (QED) is 0.847. The van der Waals surface area contributed by atoms with Crippen molar-refractivity contribution in [3.63, 3.8) is 0 Å². The van der Waals surface area contributed by atoms with Crippen molar-refractivity contribution in [2.45, 2.75) is 39.0 Å². The molecule has 21 heavy (non-hydrogen) atoms. The van der Waals surface area contributed by atoms with Gasteiger partial charge in [0.1, 0.15) is 4.88 Å². The zero-order chi connectivity index (χ0) is 14.7. The first-order valence-corrected chi connectivity index (χ1v) is 8.53. The van der Waals surface area contributed by atoms with E-state index >= 15 is 0 Å². The van der Waals surface area contributed by atoms with Gasteiger partial charge in [0.25, 0.3) is 5.91 Å². The number of aromatic nitrogens is 2. The SMILES string of the molecule is CCCCc1nc(-n2cccc2)sc1C(=O)N1CCCC1. The van der Waals surface area contributed by atoms with E-state index in [0.717, 1.165) is 60.9 Å². The summed E-state index contributed by atoms with van der Waals surface area (Å²) in [6, 6.07) is 3.96. The summed E-state index contributed by atoms with van der Waals surface area (Å²) in [5.74, 6) is 0.175. The van der Waals surface area contributed by atoms with E-state index in [1.807, 2.05) is 34.0 Å². The van der Waals surface area contributed by atoms with Crippen LogP contribution in [0.15, 0.2) is 24.5 Å². The molecule has 0 aromatic carbocycles. The van der Waals surface area contributed by atoms with Gasteiger partial charge in [0.15, 0.2) is 5.13 Å². The highest BCUT2D eigenvalue weighted by Gasteiger charge is 2.25. The van der Waals surface area contributed by atoms with Crippen molar-refractivity contribution in [1.82, 2.24) is 14.5 Å². The highest BCUT2D eigenvalue weighted by atomic mass is 32.1. The van der Waals surface area contributed by atoms with Crippen molar-refractivity contribution >= 4 is 17.2 Å². The number of carbonyl (C=O) groups is 1. The van der Waals surface area contributed by atoms with Crippen LogP contribution >= 0.6 is 11.3 Å². The lowest BCUT2D eigenvalue weighted by Gasteiger charge is -2.14. The number of unbranched alkanes of at least 4 members (excludes halogenated alkanes) is 1. The van der Waals surface area contributed by atoms with Gasteiger partial charge in [-0.25, -0.2) is 4.98 Å². The van der Waals surface area contributed by atoms with Crippen molar-refractivity contribution < 1.29 is 4.79 Å². The number of carbonyl (C=O) groups excluding carboxylic acids is 1. The van der Waals surface area contributed by atoms with E-state index in [0.29, 0.717) is 0 Å². The molecule has 0 bridgehead atoms. The van der Waals surface area contributed by atoms with Crippen LogP contribution in [0.4, 0.5) is 0 Å². The Balaban J connectivity index is 1.90. The second kappa shape index (κ2) is 6.43. The summed E-state index contributed by atoms with van der Waals surface area (Å²) in [7, 11) is 0. The molecule has 4 nitrogen and oxygen atoms in total. The van der Waals surface area contributed by atoms with E-state index in [2.05, 4.69) is 6.92 Å². The third-order valence-corrected chi connectivity index (χ3v) is 4.97. The summed E-state index contributed by atoms with van der Waals surface area (Å²) in [6.45, 7) is 3.95. The van der Waals surface area contributed by atoms with Crippen LogP contribution in [0, 0.1) is 0 Å². The van der Waals surface area contributed by atoms with Gasteiger partial charge in [-0.05, 0) is 37.8 Å². The van der Waals surface area contributed by atoms with E-state index in [9.17, 15) is 4.79 Å². The molecule has 3 rings (SSSR count).